The first kappa shape index (κ1) is 21.3. The van der Waals surface area contributed by atoms with Crippen molar-refractivity contribution in [3.8, 4) is 0 Å². The van der Waals surface area contributed by atoms with Crippen LogP contribution in [0.5, 0.6) is 0 Å². The quantitative estimate of drug-likeness (QED) is 0.568. The summed E-state index contributed by atoms with van der Waals surface area (Å²) in [5.41, 5.74) is 0.0129. The number of alkyl halides is 3. The van der Waals surface area contributed by atoms with E-state index in [0.717, 1.165) is 37.6 Å². The smallest absolute Gasteiger partial charge is 0.374 e. The summed E-state index contributed by atoms with van der Waals surface area (Å²) in [6.07, 6.45) is 9.25. The predicted molar refractivity (Wildman–Crippen MR) is 103 cm³/mol. The Balaban J connectivity index is 1.86. The second-order valence-corrected chi connectivity index (χ2v) is 7.87. The van der Waals surface area contributed by atoms with Crippen molar-refractivity contribution in [1.29, 1.82) is 0 Å². The largest absolute Gasteiger partial charge is 0.416 e. The molecule has 0 N–H and O–H groups in total. The van der Waals surface area contributed by atoms with Crippen LogP contribution in [-0.2, 0) is 17.5 Å². The number of ether oxygens (including phenoxy) is 1. The van der Waals surface area contributed by atoms with E-state index in [2.05, 4.69) is 7.85 Å². The molecule has 0 heterocycles. The van der Waals surface area contributed by atoms with Crippen molar-refractivity contribution < 1.29 is 17.9 Å². The average Bonchev–Trinajstić information content (AvgIpc) is 2.62. The van der Waals surface area contributed by atoms with Gasteiger partial charge in [0.1, 0.15) is 7.85 Å². The molecule has 26 heavy (non-hydrogen) atoms. The fourth-order valence-corrected chi connectivity index (χ4v) is 3.77. The van der Waals surface area contributed by atoms with E-state index in [4.69, 9.17) is 4.74 Å². The van der Waals surface area contributed by atoms with E-state index in [9.17, 15) is 13.2 Å². The lowest BCUT2D eigenvalue weighted by molar-refractivity contribution is -0.137. The second kappa shape index (κ2) is 11.0. The second-order valence-electron chi connectivity index (χ2n) is 7.87. The van der Waals surface area contributed by atoms with E-state index in [1.54, 1.807) is 6.07 Å². The zero-order chi connectivity index (χ0) is 18.8. The number of rotatable bonds is 3. The van der Waals surface area contributed by atoms with Gasteiger partial charge in [-0.2, -0.15) is 13.2 Å². The van der Waals surface area contributed by atoms with Crippen molar-refractivity contribution in [3.05, 3.63) is 35.4 Å². The highest BCUT2D eigenvalue weighted by atomic mass is 19.4. The topological polar surface area (TPSA) is 9.23 Å². The molecule has 1 aromatic rings. The van der Waals surface area contributed by atoms with Crippen molar-refractivity contribution in [2.45, 2.75) is 95.3 Å². The van der Waals surface area contributed by atoms with Crippen molar-refractivity contribution >= 4 is 7.85 Å². The van der Waals surface area contributed by atoms with Crippen LogP contribution in [0.1, 0.15) is 81.8 Å². The minimum absolute atomic E-state index is 0.167. The lowest BCUT2D eigenvalue weighted by Crippen LogP contribution is -2.14. The van der Waals surface area contributed by atoms with Gasteiger partial charge >= 0.3 is 6.18 Å². The van der Waals surface area contributed by atoms with E-state index in [0.29, 0.717) is 5.56 Å². The molecular weight excluding hydrogens is 336 g/mol. The Morgan fingerprint density at radius 2 is 1.46 bits per heavy atom. The highest BCUT2D eigenvalue weighted by Crippen LogP contribution is 2.30. The van der Waals surface area contributed by atoms with Gasteiger partial charge in [0.25, 0.3) is 0 Å². The van der Waals surface area contributed by atoms with E-state index < -0.39 is 11.7 Å². The third-order valence-electron chi connectivity index (χ3n) is 5.44. The monoisotopic (exact) mass is 368 g/mol. The van der Waals surface area contributed by atoms with Crippen LogP contribution in [0.25, 0.3) is 0 Å². The summed E-state index contributed by atoms with van der Waals surface area (Å²) >= 11 is 0. The van der Waals surface area contributed by atoms with Crippen molar-refractivity contribution in [1.82, 2.24) is 0 Å². The van der Waals surface area contributed by atoms with Crippen LogP contribution in [0, 0.1) is 0 Å². The van der Waals surface area contributed by atoms with Gasteiger partial charge in [-0.3, -0.25) is 0 Å². The van der Waals surface area contributed by atoms with E-state index in [1.165, 1.54) is 57.1 Å². The molecule has 0 saturated heterocycles. The van der Waals surface area contributed by atoms with Gasteiger partial charge in [0.2, 0.25) is 0 Å². The van der Waals surface area contributed by atoms with Crippen LogP contribution in [0.3, 0.4) is 0 Å². The zero-order valence-corrected chi connectivity index (χ0v) is 16.0. The third-order valence-corrected chi connectivity index (χ3v) is 5.44. The Hall–Kier alpha value is -0.965. The van der Waals surface area contributed by atoms with Crippen LogP contribution >= 0.6 is 0 Å². The van der Waals surface area contributed by atoms with Gasteiger partial charge in [-0.05, 0) is 30.5 Å². The van der Waals surface area contributed by atoms with Crippen LogP contribution in [0.2, 0.25) is 5.82 Å². The van der Waals surface area contributed by atoms with Crippen LogP contribution in [0.4, 0.5) is 13.2 Å². The lowest BCUT2D eigenvalue weighted by Gasteiger charge is -2.19. The molecule has 2 atom stereocenters. The molecular formula is C21H32BF3O. The molecule has 1 nitrogen and oxygen atoms in total. The number of hydrogen-bond donors (Lipinski definition) is 0. The summed E-state index contributed by atoms with van der Waals surface area (Å²) in [7, 11) is 2.35. The summed E-state index contributed by atoms with van der Waals surface area (Å²) in [5, 5.41) is 0. The maximum atomic E-state index is 12.8. The first-order chi connectivity index (χ1) is 12.4. The molecule has 0 bridgehead atoms. The number of halogens is 3. The summed E-state index contributed by atoms with van der Waals surface area (Å²) in [6.45, 7) is 0.269. The molecule has 0 spiro atoms. The van der Waals surface area contributed by atoms with Crippen LogP contribution in [0.15, 0.2) is 24.3 Å². The Morgan fingerprint density at radius 1 is 0.885 bits per heavy atom. The molecule has 5 heteroatoms. The molecule has 1 aliphatic carbocycles. The lowest BCUT2D eigenvalue weighted by atomic mass is 9.79. The summed E-state index contributed by atoms with van der Waals surface area (Å²) < 4.78 is 44.6. The molecule has 2 unspecified atom stereocenters. The standard InChI is InChI=1S/C21H32BF3O/c22-19-11-4-2-1-3-5-13-20(14-7-6-12-19)26-16-17-9-8-10-18(15-17)21(23,24)25/h8-10,15,19-20H,1-7,11-14,16,22H2. The maximum Gasteiger partial charge on any atom is 0.416 e. The SMILES string of the molecule is BC1CCCCCCCC(OCc2cccc(C(F)(F)F)c2)CCCC1. The zero-order valence-electron chi connectivity index (χ0n) is 16.0. The highest BCUT2D eigenvalue weighted by Gasteiger charge is 2.30. The summed E-state index contributed by atoms with van der Waals surface area (Å²) in [4.78, 5) is 0. The third kappa shape index (κ3) is 8.15. The van der Waals surface area contributed by atoms with E-state index in [1.807, 2.05) is 0 Å². The van der Waals surface area contributed by atoms with Gasteiger partial charge in [-0.1, -0.05) is 75.7 Å². The van der Waals surface area contributed by atoms with Gasteiger partial charge < -0.3 is 4.74 Å². The summed E-state index contributed by atoms with van der Waals surface area (Å²) in [6, 6.07) is 5.51. The Morgan fingerprint density at radius 3 is 2.15 bits per heavy atom. The van der Waals surface area contributed by atoms with Gasteiger partial charge in [0.15, 0.2) is 0 Å². The molecule has 1 aromatic carbocycles. The molecule has 0 radical (unpaired) electrons. The van der Waals surface area contributed by atoms with Crippen LogP contribution in [-0.4, -0.2) is 14.0 Å². The molecule has 2 rings (SSSR count). The van der Waals surface area contributed by atoms with Gasteiger partial charge in [0, 0.05) is 0 Å². The van der Waals surface area contributed by atoms with Gasteiger partial charge in [0.05, 0.1) is 18.3 Å². The molecule has 146 valence electrons. The highest BCUT2D eigenvalue weighted by molar-refractivity contribution is 6.11. The predicted octanol–water partition coefficient (Wildman–Crippen LogP) is 6.32. The molecule has 1 aliphatic rings. The van der Waals surface area contributed by atoms with Gasteiger partial charge in [-0.15, -0.1) is 0 Å². The minimum atomic E-state index is -4.29. The van der Waals surface area contributed by atoms with Crippen molar-refractivity contribution in [3.63, 3.8) is 0 Å². The van der Waals surface area contributed by atoms with E-state index in [-0.39, 0.29) is 12.7 Å². The average molecular weight is 368 g/mol. The Bertz CT molecular complexity index is 518. The Kier molecular flexibility index (Phi) is 9.03. The number of benzene rings is 1. The summed E-state index contributed by atoms with van der Waals surface area (Å²) in [5.74, 6) is 0.806. The fourth-order valence-electron chi connectivity index (χ4n) is 3.77. The minimum Gasteiger partial charge on any atom is -0.374 e. The van der Waals surface area contributed by atoms with Gasteiger partial charge in [-0.25, -0.2) is 0 Å². The molecule has 1 fully saturated rings. The van der Waals surface area contributed by atoms with Crippen LogP contribution < -0.4 is 0 Å². The van der Waals surface area contributed by atoms with Crippen molar-refractivity contribution in [2.24, 2.45) is 0 Å². The first-order valence-electron chi connectivity index (χ1n) is 10.2. The molecule has 0 amide bonds. The molecule has 0 aliphatic heterocycles. The van der Waals surface area contributed by atoms with Crippen molar-refractivity contribution in [2.75, 3.05) is 0 Å². The first-order valence-corrected chi connectivity index (χ1v) is 10.2. The molecule has 1 saturated carbocycles. The normalized spacial score (nSPS) is 24.3. The number of hydrogen-bond acceptors (Lipinski definition) is 1. The molecule has 0 aromatic heterocycles. The maximum absolute atomic E-state index is 12.8. The van der Waals surface area contributed by atoms with E-state index >= 15 is 0 Å². The Labute approximate surface area is 157 Å². The fraction of sp³-hybridized carbons (Fsp3) is 0.714.